The van der Waals surface area contributed by atoms with Crippen LogP contribution in [-0.2, 0) is 9.59 Å². The number of carbonyl (C=O) groups is 2. The van der Waals surface area contributed by atoms with Crippen molar-refractivity contribution < 1.29 is 9.59 Å². The number of rotatable bonds is 4. The number of hydrogen-bond donors (Lipinski definition) is 1. The van der Waals surface area contributed by atoms with Gasteiger partial charge in [-0.2, -0.15) is 5.26 Å². The topological polar surface area (TPSA) is 76.4 Å². The maximum atomic E-state index is 12.1. The van der Waals surface area contributed by atoms with Gasteiger partial charge < -0.3 is 15.1 Å². The van der Waals surface area contributed by atoms with Crippen LogP contribution in [-0.4, -0.2) is 54.3 Å². The summed E-state index contributed by atoms with van der Waals surface area (Å²) in [6.07, 6.45) is -0.147. The van der Waals surface area contributed by atoms with E-state index >= 15 is 0 Å². The van der Waals surface area contributed by atoms with Gasteiger partial charge in [0.25, 0.3) is 0 Å². The third-order valence-corrected chi connectivity index (χ3v) is 3.78. The first-order valence-corrected chi connectivity index (χ1v) is 7.42. The number of carbonyl (C=O) groups excluding carboxylic acids is 2. The lowest BCUT2D eigenvalue weighted by Crippen LogP contribution is -2.49. The van der Waals surface area contributed by atoms with E-state index in [0.717, 1.165) is 19.6 Å². The summed E-state index contributed by atoms with van der Waals surface area (Å²) in [7, 11) is 0. The van der Waals surface area contributed by atoms with Gasteiger partial charge in [-0.1, -0.05) is 6.92 Å². The summed E-state index contributed by atoms with van der Waals surface area (Å²) >= 11 is 0. The zero-order valence-corrected chi connectivity index (χ0v) is 12.7. The van der Waals surface area contributed by atoms with Crippen molar-refractivity contribution in [1.82, 2.24) is 9.80 Å². The lowest BCUT2D eigenvalue weighted by Gasteiger charge is -2.33. The fourth-order valence-corrected chi connectivity index (χ4v) is 2.40. The molecule has 1 fully saturated rings. The Hall–Kier alpha value is -2.39. The molecule has 1 aliphatic rings. The molecule has 0 bridgehead atoms. The number of nitrogens with one attached hydrogen (secondary N) is 1. The molecule has 0 spiro atoms. The molecule has 22 heavy (non-hydrogen) atoms. The van der Waals surface area contributed by atoms with Crippen LogP contribution in [0.25, 0.3) is 0 Å². The molecule has 0 aliphatic carbocycles. The van der Waals surface area contributed by atoms with Crippen molar-refractivity contribution in [3.05, 3.63) is 29.8 Å². The number of amides is 2. The molecule has 1 aromatic rings. The van der Waals surface area contributed by atoms with Crippen LogP contribution in [0.2, 0.25) is 0 Å². The van der Waals surface area contributed by atoms with E-state index in [-0.39, 0.29) is 18.2 Å². The van der Waals surface area contributed by atoms with Gasteiger partial charge in [0.15, 0.2) is 0 Å². The summed E-state index contributed by atoms with van der Waals surface area (Å²) in [4.78, 5) is 28.0. The van der Waals surface area contributed by atoms with Crippen molar-refractivity contribution in [2.24, 2.45) is 0 Å². The largest absolute Gasteiger partial charge is 0.340 e. The van der Waals surface area contributed by atoms with Gasteiger partial charge >= 0.3 is 0 Å². The van der Waals surface area contributed by atoms with Crippen LogP contribution in [0.15, 0.2) is 24.3 Å². The van der Waals surface area contributed by atoms with Crippen LogP contribution in [0.3, 0.4) is 0 Å². The first-order chi connectivity index (χ1) is 10.6. The van der Waals surface area contributed by atoms with Crippen molar-refractivity contribution >= 4 is 17.5 Å². The molecule has 2 amide bonds. The van der Waals surface area contributed by atoms with E-state index in [2.05, 4.69) is 17.1 Å². The second kappa shape index (κ2) is 7.57. The van der Waals surface area contributed by atoms with Gasteiger partial charge in [0.05, 0.1) is 11.6 Å². The van der Waals surface area contributed by atoms with Crippen molar-refractivity contribution in [1.29, 1.82) is 5.26 Å². The molecule has 0 unspecified atom stereocenters. The second-order valence-electron chi connectivity index (χ2n) is 5.23. The first-order valence-electron chi connectivity index (χ1n) is 7.42. The third-order valence-electron chi connectivity index (χ3n) is 3.78. The molecule has 1 heterocycles. The molecule has 1 saturated heterocycles. The van der Waals surface area contributed by atoms with Crippen LogP contribution in [0.5, 0.6) is 0 Å². The SMILES string of the molecule is CCN1CCN(C(=O)CC(=O)Nc2ccc(C#N)cc2)CC1. The number of anilines is 1. The van der Waals surface area contributed by atoms with Crippen LogP contribution >= 0.6 is 0 Å². The Bertz CT molecular complexity index is 569. The minimum absolute atomic E-state index is 0.137. The minimum Gasteiger partial charge on any atom is -0.340 e. The fourth-order valence-electron chi connectivity index (χ4n) is 2.40. The quantitative estimate of drug-likeness (QED) is 0.843. The Morgan fingerprint density at radius 2 is 1.82 bits per heavy atom. The highest BCUT2D eigenvalue weighted by molar-refractivity contribution is 6.03. The summed E-state index contributed by atoms with van der Waals surface area (Å²) in [5, 5.41) is 11.4. The summed E-state index contributed by atoms with van der Waals surface area (Å²) in [6.45, 7) is 6.16. The normalized spacial score (nSPS) is 15.2. The van der Waals surface area contributed by atoms with E-state index in [9.17, 15) is 9.59 Å². The van der Waals surface area contributed by atoms with Gasteiger partial charge in [-0.05, 0) is 30.8 Å². The van der Waals surface area contributed by atoms with Crippen LogP contribution in [0.4, 0.5) is 5.69 Å². The van der Waals surface area contributed by atoms with Crippen LogP contribution < -0.4 is 5.32 Å². The second-order valence-corrected chi connectivity index (χ2v) is 5.23. The minimum atomic E-state index is -0.326. The Morgan fingerprint density at radius 1 is 1.18 bits per heavy atom. The number of likely N-dealkylation sites (N-methyl/N-ethyl adjacent to an activating group) is 1. The van der Waals surface area contributed by atoms with Crippen molar-refractivity contribution in [2.45, 2.75) is 13.3 Å². The number of nitriles is 1. The van der Waals surface area contributed by atoms with E-state index in [1.165, 1.54) is 0 Å². The molecule has 0 aromatic heterocycles. The number of hydrogen-bond acceptors (Lipinski definition) is 4. The highest BCUT2D eigenvalue weighted by Gasteiger charge is 2.21. The molecule has 1 aromatic carbocycles. The van der Waals surface area contributed by atoms with Crippen molar-refractivity contribution in [3.63, 3.8) is 0 Å². The summed E-state index contributed by atoms with van der Waals surface area (Å²) in [5.41, 5.74) is 1.12. The van der Waals surface area contributed by atoms with Crippen LogP contribution in [0, 0.1) is 11.3 Å². The van der Waals surface area contributed by atoms with E-state index in [1.807, 2.05) is 6.07 Å². The number of nitrogens with zero attached hydrogens (tertiary/aromatic N) is 3. The molecule has 0 radical (unpaired) electrons. The van der Waals surface area contributed by atoms with Crippen molar-refractivity contribution in [3.8, 4) is 6.07 Å². The maximum absolute atomic E-state index is 12.1. The molecule has 0 saturated carbocycles. The molecule has 1 aliphatic heterocycles. The van der Waals surface area contributed by atoms with Gasteiger partial charge in [-0.3, -0.25) is 9.59 Å². The smallest absolute Gasteiger partial charge is 0.233 e. The summed E-state index contributed by atoms with van der Waals surface area (Å²) in [6, 6.07) is 8.57. The first kappa shape index (κ1) is 16.0. The van der Waals surface area contributed by atoms with Gasteiger partial charge in [-0.25, -0.2) is 0 Å². The average molecular weight is 300 g/mol. The van der Waals surface area contributed by atoms with E-state index < -0.39 is 0 Å². The highest BCUT2D eigenvalue weighted by atomic mass is 16.2. The average Bonchev–Trinajstić information content (AvgIpc) is 2.55. The monoisotopic (exact) mass is 300 g/mol. The Balaban J connectivity index is 1.81. The molecule has 0 atom stereocenters. The summed E-state index contributed by atoms with van der Waals surface area (Å²) in [5.74, 6) is -0.463. The van der Waals surface area contributed by atoms with Crippen LogP contribution in [0.1, 0.15) is 18.9 Å². The van der Waals surface area contributed by atoms with Gasteiger partial charge in [0.2, 0.25) is 11.8 Å². The van der Waals surface area contributed by atoms with Gasteiger partial charge in [0, 0.05) is 31.9 Å². The van der Waals surface area contributed by atoms with Crippen molar-refractivity contribution in [2.75, 3.05) is 38.0 Å². The van der Waals surface area contributed by atoms with E-state index in [1.54, 1.807) is 29.2 Å². The third kappa shape index (κ3) is 4.30. The lowest BCUT2D eigenvalue weighted by molar-refractivity contribution is -0.136. The fraction of sp³-hybridized carbons (Fsp3) is 0.438. The lowest BCUT2D eigenvalue weighted by atomic mass is 10.2. The van der Waals surface area contributed by atoms with Gasteiger partial charge in [-0.15, -0.1) is 0 Å². The number of piperazine rings is 1. The van der Waals surface area contributed by atoms with E-state index in [0.29, 0.717) is 24.3 Å². The Morgan fingerprint density at radius 3 is 2.36 bits per heavy atom. The predicted octanol–water partition coefficient (Wildman–Crippen LogP) is 1.05. The Kier molecular flexibility index (Phi) is 5.50. The molecule has 2 rings (SSSR count). The standard InChI is InChI=1S/C16H20N4O2/c1-2-19-7-9-20(10-8-19)16(22)11-15(21)18-14-5-3-13(12-17)4-6-14/h3-6H,2,7-11H2,1H3,(H,18,21). The zero-order chi connectivity index (χ0) is 15.9. The molecule has 6 heteroatoms. The maximum Gasteiger partial charge on any atom is 0.233 e. The highest BCUT2D eigenvalue weighted by Crippen LogP contribution is 2.10. The zero-order valence-electron chi connectivity index (χ0n) is 12.7. The molecule has 1 N–H and O–H groups in total. The predicted molar refractivity (Wildman–Crippen MR) is 83.1 cm³/mol. The van der Waals surface area contributed by atoms with Gasteiger partial charge in [0.1, 0.15) is 6.42 Å². The molecule has 6 nitrogen and oxygen atoms in total. The summed E-state index contributed by atoms with van der Waals surface area (Å²) < 4.78 is 0. The molecular formula is C16H20N4O2. The van der Waals surface area contributed by atoms with E-state index in [4.69, 9.17) is 5.26 Å². The molecule has 116 valence electrons. The Labute approximate surface area is 130 Å². The number of benzene rings is 1. The molecular weight excluding hydrogens is 280 g/mol.